The molecule has 0 bridgehead atoms. The predicted molar refractivity (Wildman–Crippen MR) is 54.7 cm³/mol. The van der Waals surface area contributed by atoms with Crippen LogP contribution in [0.4, 0.5) is 18.9 Å². The fraction of sp³-hybridized carbons (Fsp3) is 0.273. The molecule has 1 unspecified atom stereocenters. The first-order valence-electron chi connectivity index (χ1n) is 4.98. The number of fused-ring (bicyclic) bond motifs is 1. The van der Waals surface area contributed by atoms with E-state index in [1.165, 1.54) is 6.07 Å². The minimum absolute atomic E-state index is 0.0890. The molecule has 18 heavy (non-hydrogen) atoms. The second-order valence-electron chi connectivity index (χ2n) is 3.70. The van der Waals surface area contributed by atoms with Gasteiger partial charge in [0.2, 0.25) is 5.91 Å². The number of carbonyl (C=O) groups is 1. The zero-order chi connectivity index (χ0) is 13.3. The maximum Gasteiger partial charge on any atom is 0.573 e. The van der Waals surface area contributed by atoms with E-state index < -0.39 is 23.9 Å². The highest BCUT2D eigenvalue weighted by atomic mass is 19.4. The molecule has 0 spiro atoms. The minimum atomic E-state index is -4.78. The van der Waals surface area contributed by atoms with Crippen LogP contribution in [0.5, 0.6) is 5.75 Å². The van der Waals surface area contributed by atoms with E-state index in [-0.39, 0.29) is 6.42 Å². The van der Waals surface area contributed by atoms with Crippen LogP contribution in [0, 0.1) is 11.3 Å². The predicted octanol–water partition coefficient (Wildman–Crippen LogP) is 2.53. The van der Waals surface area contributed by atoms with E-state index in [9.17, 15) is 18.0 Å². The van der Waals surface area contributed by atoms with Crippen LogP contribution < -0.4 is 10.1 Å². The van der Waals surface area contributed by atoms with Crippen LogP contribution in [0.3, 0.4) is 0 Å². The molecule has 1 N–H and O–H groups in total. The zero-order valence-electron chi connectivity index (χ0n) is 8.91. The molecular formula is C11H7F3N2O2. The molecule has 1 atom stereocenters. The molecule has 0 aliphatic carbocycles. The third kappa shape index (κ3) is 2.37. The summed E-state index contributed by atoms with van der Waals surface area (Å²) < 4.78 is 39.9. The maximum atomic E-state index is 12.1. The summed E-state index contributed by atoms with van der Waals surface area (Å²) in [4.78, 5) is 11.5. The van der Waals surface area contributed by atoms with E-state index in [1.807, 2.05) is 6.07 Å². The Kier molecular flexibility index (Phi) is 2.87. The third-order valence-corrected chi connectivity index (χ3v) is 2.50. The number of amides is 1. The Morgan fingerprint density at radius 2 is 2.17 bits per heavy atom. The van der Waals surface area contributed by atoms with E-state index in [1.54, 1.807) is 0 Å². The SMILES string of the molecule is N#CCC1C(=O)Nc2ccc(OC(F)(F)F)cc21. The second-order valence-corrected chi connectivity index (χ2v) is 3.70. The van der Waals surface area contributed by atoms with Gasteiger partial charge in [0.15, 0.2) is 0 Å². The fourth-order valence-electron chi connectivity index (χ4n) is 1.80. The first-order valence-corrected chi connectivity index (χ1v) is 4.98. The largest absolute Gasteiger partial charge is 0.573 e. The highest BCUT2D eigenvalue weighted by Gasteiger charge is 2.34. The number of halogens is 3. The van der Waals surface area contributed by atoms with Crippen molar-refractivity contribution in [3.05, 3.63) is 23.8 Å². The van der Waals surface area contributed by atoms with E-state index in [2.05, 4.69) is 10.1 Å². The van der Waals surface area contributed by atoms with Gasteiger partial charge in [-0.25, -0.2) is 0 Å². The zero-order valence-corrected chi connectivity index (χ0v) is 8.91. The van der Waals surface area contributed by atoms with E-state index >= 15 is 0 Å². The molecule has 0 radical (unpaired) electrons. The highest BCUT2D eigenvalue weighted by molar-refractivity contribution is 6.03. The molecule has 2 rings (SSSR count). The van der Waals surface area contributed by atoms with Crippen molar-refractivity contribution in [1.82, 2.24) is 0 Å². The minimum Gasteiger partial charge on any atom is -0.406 e. The average Bonchev–Trinajstić information content (AvgIpc) is 2.54. The number of anilines is 1. The normalized spacial score (nSPS) is 17.9. The van der Waals surface area contributed by atoms with Crippen LogP contribution in [0.25, 0.3) is 0 Å². The topological polar surface area (TPSA) is 62.1 Å². The van der Waals surface area contributed by atoms with Gasteiger partial charge in [0.05, 0.1) is 18.4 Å². The van der Waals surface area contributed by atoms with Crippen LogP contribution in [-0.4, -0.2) is 12.3 Å². The average molecular weight is 256 g/mol. The monoisotopic (exact) mass is 256 g/mol. The van der Waals surface area contributed by atoms with Crippen LogP contribution in [0.15, 0.2) is 18.2 Å². The van der Waals surface area contributed by atoms with Gasteiger partial charge in [-0.05, 0) is 23.8 Å². The van der Waals surface area contributed by atoms with Crippen molar-refractivity contribution in [3.63, 3.8) is 0 Å². The summed E-state index contributed by atoms with van der Waals surface area (Å²) in [5.74, 6) is -1.54. The van der Waals surface area contributed by atoms with Crippen molar-refractivity contribution < 1.29 is 22.7 Å². The summed E-state index contributed by atoms with van der Waals surface area (Å²) in [6, 6.07) is 5.39. The molecule has 1 heterocycles. The Morgan fingerprint density at radius 3 is 2.78 bits per heavy atom. The Balaban J connectivity index is 2.32. The number of hydrogen-bond acceptors (Lipinski definition) is 3. The molecular weight excluding hydrogens is 249 g/mol. The van der Waals surface area contributed by atoms with Crippen molar-refractivity contribution >= 4 is 11.6 Å². The van der Waals surface area contributed by atoms with Crippen molar-refractivity contribution in [1.29, 1.82) is 5.26 Å². The molecule has 1 aromatic rings. The Labute approximate surface area is 100.0 Å². The van der Waals surface area contributed by atoms with Crippen LogP contribution in [-0.2, 0) is 4.79 Å². The van der Waals surface area contributed by atoms with Gasteiger partial charge in [-0.15, -0.1) is 13.2 Å². The first-order chi connectivity index (χ1) is 8.40. The molecule has 94 valence electrons. The summed E-state index contributed by atoms with van der Waals surface area (Å²) in [5, 5.41) is 11.1. The van der Waals surface area contributed by atoms with Crippen LogP contribution in [0.1, 0.15) is 17.9 Å². The van der Waals surface area contributed by atoms with Crippen molar-refractivity contribution in [2.45, 2.75) is 18.7 Å². The van der Waals surface area contributed by atoms with Gasteiger partial charge >= 0.3 is 6.36 Å². The van der Waals surface area contributed by atoms with E-state index in [4.69, 9.17) is 5.26 Å². The standard InChI is InChI=1S/C11H7F3N2O2/c12-11(13,14)18-6-1-2-9-8(5-6)7(3-4-15)10(17)16-9/h1-2,5,7H,3H2,(H,16,17). The molecule has 0 aromatic heterocycles. The molecule has 0 fully saturated rings. The van der Waals surface area contributed by atoms with E-state index in [0.29, 0.717) is 11.3 Å². The molecule has 0 saturated heterocycles. The van der Waals surface area contributed by atoms with E-state index in [0.717, 1.165) is 12.1 Å². The lowest BCUT2D eigenvalue weighted by atomic mass is 9.98. The Morgan fingerprint density at radius 1 is 1.44 bits per heavy atom. The number of alkyl halides is 3. The smallest absolute Gasteiger partial charge is 0.406 e. The number of nitrogens with one attached hydrogen (secondary N) is 1. The van der Waals surface area contributed by atoms with Gasteiger partial charge in [0.25, 0.3) is 0 Å². The molecule has 1 aromatic carbocycles. The van der Waals surface area contributed by atoms with Crippen molar-refractivity contribution in [2.75, 3.05) is 5.32 Å². The van der Waals surface area contributed by atoms with Gasteiger partial charge < -0.3 is 10.1 Å². The van der Waals surface area contributed by atoms with Gasteiger partial charge in [0.1, 0.15) is 5.75 Å². The lowest BCUT2D eigenvalue weighted by Gasteiger charge is -2.10. The number of nitriles is 1. The summed E-state index contributed by atoms with van der Waals surface area (Å²) in [7, 11) is 0. The molecule has 1 aliphatic rings. The molecule has 0 saturated carbocycles. The number of nitrogens with zero attached hydrogens (tertiary/aromatic N) is 1. The molecule has 7 heteroatoms. The number of carbonyl (C=O) groups excluding carboxylic acids is 1. The number of hydrogen-bond donors (Lipinski definition) is 1. The summed E-state index contributed by atoms with van der Waals surface area (Å²) >= 11 is 0. The number of ether oxygens (including phenoxy) is 1. The van der Waals surface area contributed by atoms with Crippen LogP contribution in [0.2, 0.25) is 0 Å². The quantitative estimate of drug-likeness (QED) is 0.884. The lowest BCUT2D eigenvalue weighted by Crippen LogP contribution is -2.17. The first kappa shape index (κ1) is 12.2. The number of benzene rings is 1. The van der Waals surface area contributed by atoms with Gasteiger partial charge in [-0.3, -0.25) is 4.79 Å². The fourth-order valence-corrected chi connectivity index (χ4v) is 1.80. The lowest BCUT2D eigenvalue weighted by molar-refractivity contribution is -0.274. The number of rotatable bonds is 2. The Hall–Kier alpha value is -2.23. The second kappa shape index (κ2) is 4.22. The molecule has 1 aliphatic heterocycles. The molecule has 4 nitrogen and oxygen atoms in total. The van der Waals surface area contributed by atoms with Crippen molar-refractivity contribution in [2.24, 2.45) is 0 Å². The summed E-state index contributed by atoms with van der Waals surface area (Å²) in [6.07, 6.45) is -4.87. The summed E-state index contributed by atoms with van der Waals surface area (Å²) in [5.41, 5.74) is 0.762. The maximum absolute atomic E-state index is 12.1. The summed E-state index contributed by atoms with van der Waals surface area (Å²) in [6.45, 7) is 0. The highest BCUT2D eigenvalue weighted by Crippen LogP contribution is 2.37. The van der Waals surface area contributed by atoms with Crippen LogP contribution >= 0.6 is 0 Å². The Bertz CT molecular complexity index is 534. The van der Waals surface area contributed by atoms with Gasteiger partial charge in [-0.1, -0.05) is 0 Å². The third-order valence-electron chi connectivity index (χ3n) is 2.50. The molecule has 1 amide bonds. The van der Waals surface area contributed by atoms with Crippen molar-refractivity contribution in [3.8, 4) is 11.8 Å². The van der Waals surface area contributed by atoms with Gasteiger partial charge in [0, 0.05) is 5.69 Å². The van der Waals surface area contributed by atoms with Gasteiger partial charge in [-0.2, -0.15) is 5.26 Å².